The first-order chi connectivity index (χ1) is 6.31. The van der Waals surface area contributed by atoms with Gasteiger partial charge in [-0.05, 0) is 29.5 Å². The third-order valence-electron chi connectivity index (χ3n) is 2.35. The van der Waals surface area contributed by atoms with Gasteiger partial charge in [0.05, 0.1) is 0 Å². The monoisotopic (exact) mass is 174 g/mol. The fourth-order valence-corrected chi connectivity index (χ4v) is 1.60. The Balaban J connectivity index is 2.98. The van der Waals surface area contributed by atoms with Crippen LogP contribution in [-0.4, -0.2) is 0 Å². The van der Waals surface area contributed by atoms with Crippen LogP contribution in [0.1, 0.15) is 37.0 Å². The summed E-state index contributed by atoms with van der Waals surface area (Å²) in [6, 6.07) is 6.71. The summed E-state index contributed by atoms with van der Waals surface area (Å²) in [6.07, 6.45) is 5.43. The van der Waals surface area contributed by atoms with Crippen LogP contribution in [0.5, 0.6) is 0 Å². The van der Waals surface area contributed by atoms with Gasteiger partial charge in [0.2, 0.25) is 0 Å². The molecule has 0 heteroatoms. The SMILES string of the molecule is C=Cc1cc(CCC)ccc1CC. The molecular weight excluding hydrogens is 156 g/mol. The summed E-state index contributed by atoms with van der Waals surface area (Å²) in [5.74, 6) is 0. The third kappa shape index (κ3) is 2.45. The zero-order valence-electron chi connectivity index (χ0n) is 8.64. The van der Waals surface area contributed by atoms with Crippen molar-refractivity contribution in [2.45, 2.75) is 33.1 Å². The number of benzene rings is 1. The van der Waals surface area contributed by atoms with Gasteiger partial charge in [0.1, 0.15) is 0 Å². The van der Waals surface area contributed by atoms with Gasteiger partial charge in [-0.2, -0.15) is 0 Å². The summed E-state index contributed by atoms with van der Waals surface area (Å²) in [4.78, 5) is 0. The number of hydrogen-bond donors (Lipinski definition) is 0. The highest BCUT2D eigenvalue weighted by Gasteiger charge is 1.98. The molecule has 0 saturated heterocycles. The molecule has 0 aliphatic heterocycles. The van der Waals surface area contributed by atoms with Crippen LogP contribution in [0.3, 0.4) is 0 Å². The van der Waals surface area contributed by atoms with E-state index in [2.05, 4.69) is 38.6 Å². The van der Waals surface area contributed by atoms with Gasteiger partial charge in [-0.25, -0.2) is 0 Å². The molecule has 0 atom stereocenters. The van der Waals surface area contributed by atoms with Crippen molar-refractivity contribution < 1.29 is 0 Å². The summed E-state index contributed by atoms with van der Waals surface area (Å²) in [5.41, 5.74) is 4.12. The van der Waals surface area contributed by atoms with Gasteiger partial charge in [-0.1, -0.05) is 51.1 Å². The molecule has 0 saturated carbocycles. The molecular formula is C13H18. The van der Waals surface area contributed by atoms with Crippen LogP contribution >= 0.6 is 0 Å². The van der Waals surface area contributed by atoms with Crippen LogP contribution in [0.25, 0.3) is 6.08 Å². The Kier molecular flexibility index (Phi) is 3.75. The minimum Gasteiger partial charge on any atom is -0.0985 e. The lowest BCUT2D eigenvalue weighted by atomic mass is 10.00. The second-order valence-corrected chi connectivity index (χ2v) is 3.34. The molecule has 13 heavy (non-hydrogen) atoms. The van der Waals surface area contributed by atoms with E-state index in [-0.39, 0.29) is 0 Å². The van der Waals surface area contributed by atoms with E-state index in [1.165, 1.54) is 29.5 Å². The van der Waals surface area contributed by atoms with E-state index in [1.807, 2.05) is 6.08 Å². The van der Waals surface area contributed by atoms with Crippen molar-refractivity contribution in [1.29, 1.82) is 0 Å². The van der Waals surface area contributed by atoms with E-state index >= 15 is 0 Å². The Morgan fingerprint density at radius 2 is 2.08 bits per heavy atom. The Labute approximate surface area is 81.3 Å². The van der Waals surface area contributed by atoms with Gasteiger partial charge in [0.25, 0.3) is 0 Å². The average molecular weight is 174 g/mol. The largest absolute Gasteiger partial charge is 0.0985 e. The van der Waals surface area contributed by atoms with E-state index in [9.17, 15) is 0 Å². The highest BCUT2D eigenvalue weighted by atomic mass is 14.0. The molecule has 0 aliphatic rings. The van der Waals surface area contributed by atoms with Gasteiger partial charge in [0, 0.05) is 0 Å². The summed E-state index contributed by atoms with van der Waals surface area (Å²) < 4.78 is 0. The van der Waals surface area contributed by atoms with E-state index in [4.69, 9.17) is 0 Å². The summed E-state index contributed by atoms with van der Waals surface area (Å²) in [6.45, 7) is 8.23. The summed E-state index contributed by atoms with van der Waals surface area (Å²) in [7, 11) is 0. The molecule has 0 N–H and O–H groups in total. The van der Waals surface area contributed by atoms with Crippen molar-refractivity contribution in [3.8, 4) is 0 Å². The zero-order valence-corrected chi connectivity index (χ0v) is 8.64. The third-order valence-corrected chi connectivity index (χ3v) is 2.35. The standard InChI is InChI=1S/C13H18/c1-4-7-11-8-9-12(5-2)13(6-3)10-11/h6,8-10H,3-5,7H2,1-2H3. The summed E-state index contributed by atoms with van der Waals surface area (Å²) in [5, 5.41) is 0. The lowest BCUT2D eigenvalue weighted by Gasteiger charge is -2.06. The quantitative estimate of drug-likeness (QED) is 0.650. The van der Waals surface area contributed by atoms with Crippen LogP contribution in [0.15, 0.2) is 24.8 Å². The van der Waals surface area contributed by atoms with E-state index in [0.717, 1.165) is 6.42 Å². The van der Waals surface area contributed by atoms with Gasteiger partial charge in [0.15, 0.2) is 0 Å². The van der Waals surface area contributed by atoms with Crippen molar-refractivity contribution in [3.05, 3.63) is 41.5 Å². The fourth-order valence-electron chi connectivity index (χ4n) is 1.60. The highest BCUT2D eigenvalue weighted by Crippen LogP contribution is 2.15. The van der Waals surface area contributed by atoms with Gasteiger partial charge >= 0.3 is 0 Å². The van der Waals surface area contributed by atoms with Crippen LogP contribution in [0.4, 0.5) is 0 Å². The minimum absolute atomic E-state index is 1.09. The van der Waals surface area contributed by atoms with Crippen molar-refractivity contribution in [3.63, 3.8) is 0 Å². The minimum atomic E-state index is 1.09. The Morgan fingerprint density at radius 1 is 1.31 bits per heavy atom. The normalized spacial score (nSPS) is 10.0. The fraction of sp³-hybridized carbons (Fsp3) is 0.385. The molecule has 0 fully saturated rings. The molecule has 1 aromatic carbocycles. The number of aryl methyl sites for hydroxylation is 2. The Morgan fingerprint density at radius 3 is 2.62 bits per heavy atom. The molecule has 1 aromatic rings. The van der Waals surface area contributed by atoms with Crippen LogP contribution in [0.2, 0.25) is 0 Å². The molecule has 1 rings (SSSR count). The molecule has 0 heterocycles. The van der Waals surface area contributed by atoms with Gasteiger partial charge < -0.3 is 0 Å². The van der Waals surface area contributed by atoms with Crippen LogP contribution in [0, 0.1) is 0 Å². The molecule has 70 valence electrons. The lowest BCUT2D eigenvalue weighted by molar-refractivity contribution is 0.919. The molecule has 0 radical (unpaired) electrons. The first-order valence-electron chi connectivity index (χ1n) is 5.06. The predicted molar refractivity (Wildman–Crippen MR) is 59.9 cm³/mol. The maximum Gasteiger partial charge on any atom is -0.0228 e. The second-order valence-electron chi connectivity index (χ2n) is 3.34. The Hall–Kier alpha value is -1.04. The van der Waals surface area contributed by atoms with Crippen molar-refractivity contribution in [2.75, 3.05) is 0 Å². The molecule has 0 aromatic heterocycles. The maximum absolute atomic E-state index is 3.84. The topological polar surface area (TPSA) is 0 Å². The molecule has 0 amide bonds. The average Bonchev–Trinajstić information content (AvgIpc) is 2.18. The van der Waals surface area contributed by atoms with Crippen molar-refractivity contribution in [2.24, 2.45) is 0 Å². The summed E-state index contributed by atoms with van der Waals surface area (Å²) >= 11 is 0. The second kappa shape index (κ2) is 4.86. The highest BCUT2D eigenvalue weighted by molar-refractivity contribution is 5.53. The first-order valence-corrected chi connectivity index (χ1v) is 5.06. The molecule has 0 unspecified atom stereocenters. The van der Waals surface area contributed by atoms with E-state index in [0.29, 0.717) is 0 Å². The van der Waals surface area contributed by atoms with E-state index in [1.54, 1.807) is 0 Å². The Bertz CT molecular complexity index is 284. The molecule has 0 nitrogen and oxygen atoms in total. The van der Waals surface area contributed by atoms with E-state index < -0.39 is 0 Å². The first kappa shape index (κ1) is 10.0. The predicted octanol–water partition coefficient (Wildman–Crippen LogP) is 3.84. The molecule has 0 spiro atoms. The lowest BCUT2D eigenvalue weighted by Crippen LogP contribution is -1.90. The maximum atomic E-state index is 3.84. The zero-order chi connectivity index (χ0) is 9.68. The van der Waals surface area contributed by atoms with Gasteiger partial charge in [-0.15, -0.1) is 0 Å². The number of rotatable bonds is 4. The van der Waals surface area contributed by atoms with Crippen LogP contribution < -0.4 is 0 Å². The molecule has 0 aliphatic carbocycles. The van der Waals surface area contributed by atoms with Crippen LogP contribution in [-0.2, 0) is 12.8 Å². The van der Waals surface area contributed by atoms with Gasteiger partial charge in [-0.3, -0.25) is 0 Å². The van der Waals surface area contributed by atoms with Crippen molar-refractivity contribution in [1.82, 2.24) is 0 Å². The molecule has 0 bridgehead atoms. The van der Waals surface area contributed by atoms with Crippen molar-refractivity contribution >= 4 is 6.08 Å². The smallest absolute Gasteiger partial charge is 0.0228 e. The number of hydrogen-bond acceptors (Lipinski definition) is 0.